The summed E-state index contributed by atoms with van der Waals surface area (Å²) < 4.78 is 32.7. The first-order valence-electron chi connectivity index (χ1n) is 6.16. The number of hydrogen-bond acceptors (Lipinski definition) is 3. The molecule has 0 aliphatic carbocycles. The molecule has 0 spiro atoms. The first-order chi connectivity index (χ1) is 9.95. The molecular formula is C15H12BrF2NO2. The van der Waals surface area contributed by atoms with E-state index >= 15 is 0 Å². The van der Waals surface area contributed by atoms with Gasteiger partial charge in [-0.25, -0.2) is 8.78 Å². The molecule has 0 aliphatic heterocycles. The molecule has 6 heteroatoms. The Hall–Kier alpha value is -1.95. The molecule has 3 nitrogen and oxygen atoms in total. The largest absolute Gasteiger partial charge is 0.491 e. The van der Waals surface area contributed by atoms with Crippen LogP contribution in [0.2, 0.25) is 0 Å². The molecule has 21 heavy (non-hydrogen) atoms. The number of para-hydroxylation sites is 1. The van der Waals surface area contributed by atoms with Gasteiger partial charge < -0.3 is 10.5 Å². The van der Waals surface area contributed by atoms with Crippen molar-refractivity contribution in [2.75, 3.05) is 12.3 Å². The van der Waals surface area contributed by atoms with Gasteiger partial charge in [0, 0.05) is 0 Å². The number of rotatable bonds is 4. The van der Waals surface area contributed by atoms with Gasteiger partial charge in [0.15, 0.2) is 11.5 Å². The van der Waals surface area contributed by atoms with Gasteiger partial charge in [0.05, 0.1) is 27.9 Å². The second kappa shape index (κ2) is 6.22. The van der Waals surface area contributed by atoms with Gasteiger partial charge in [0.25, 0.3) is 0 Å². The molecule has 0 unspecified atom stereocenters. The Bertz CT molecular complexity index is 704. The van der Waals surface area contributed by atoms with E-state index in [9.17, 15) is 13.6 Å². The van der Waals surface area contributed by atoms with Crippen molar-refractivity contribution in [2.45, 2.75) is 6.92 Å². The number of carbonyl (C=O) groups excluding carboxylic acids is 1. The first kappa shape index (κ1) is 15.4. The number of ether oxygens (including phenoxy) is 1. The highest BCUT2D eigenvalue weighted by Gasteiger charge is 2.21. The molecule has 0 aromatic heterocycles. The number of hydrogen-bond donors (Lipinski definition) is 1. The van der Waals surface area contributed by atoms with Crippen LogP contribution in [0.15, 0.2) is 34.8 Å². The summed E-state index contributed by atoms with van der Waals surface area (Å²) in [5, 5.41) is 0. The molecule has 0 bridgehead atoms. The lowest BCUT2D eigenvalue weighted by atomic mass is 10.0. The Morgan fingerprint density at radius 3 is 2.62 bits per heavy atom. The van der Waals surface area contributed by atoms with E-state index in [1.807, 2.05) is 0 Å². The smallest absolute Gasteiger partial charge is 0.199 e. The van der Waals surface area contributed by atoms with Crippen LogP contribution in [0.5, 0.6) is 5.75 Å². The molecular weight excluding hydrogens is 344 g/mol. The van der Waals surface area contributed by atoms with Gasteiger partial charge in [-0.1, -0.05) is 6.07 Å². The Labute approximate surface area is 128 Å². The molecule has 0 saturated carbocycles. The molecule has 110 valence electrons. The Morgan fingerprint density at radius 1 is 1.24 bits per heavy atom. The maximum absolute atomic E-state index is 13.9. The third kappa shape index (κ3) is 3.05. The van der Waals surface area contributed by atoms with Crippen molar-refractivity contribution in [1.82, 2.24) is 0 Å². The minimum atomic E-state index is -0.821. The van der Waals surface area contributed by atoms with Gasteiger partial charge >= 0.3 is 0 Å². The maximum atomic E-state index is 13.9. The summed E-state index contributed by atoms with van der Waals surface area (Å²) in [6, 6.07) is 6.34. The third-order valence-corrected chi connectivity index (χ3v) is 3.44. The summed E-state index contributed by atoms with van der Waals surface area (Å²) in [5.41, 5.74) is 5.75. The lowest BCUT2D eigenvalue weighted by Crippen LogP contribution is -2.09. The van der Waals surface area contributed by atoms with E-state index in [1.54, 1.807) is 19.1 Å². The fraction of sp³-hybridized carbons (Fsp3) is 0.133. The average Bonchev–Trinajstić information content (AvgIpc) is 2.44. The molecule has 2 N–H and O–H groups in total. The van der Waals surface area contributed by atoms with E-state index in [0.29, 0.717) is 6.61 Å². The van der Waals surface area contributed by atoms with Gasteiger partial charge in [-0.05, 0) is 47.1 Å². The molecule has 0 atom stereocenters. The fourth-order valence-corrected chi connectivity index (χ4v) is 2.20. The second-order valence-corrected chi connectivity index (χ2v) is 5.09. The zero-order chi connectivity index (χ0) is 15.6. The number of nitrogens with two attached hydrogens (primary N) is 1. The number of benzene rings is 2. The zero-order valence-electron chi connectivity index (χ0n) is 11.1. The van der Waals surface area contributed by atoms with E-state index < -0.39 is 17.4 Å². The Morgan fingerprint density at radius 2 is 1.95 bits per heavy atom. The van der Waals surface area contributed by atoms with Gasteiger partial charge in [-0.3, -0.25) is 4.79 Å². The highest BCUT2D eigenvalue weighted by Crippen LogP contribution is 2.30. The lowest BCUT2D eigenvalue weighted by Gasteiger charge is -2.12. The van der Waals surface area contributed by atoms with Crippen LogP contribution in [-0.4, -0.2) is 12.4 Å². The van der Waals surface area contributed by atoms with Crippen molar-refractivity contribution in [2.24, 2.45) is 0 Å². The monoisotopic (exact) mass is 355 g/mol. The van der Waals surface area contributed by atoms with Gasteiger partial charge in [0.2, 0.25) is 0 Å². The lowest BCUT2D eigenvalue weighted by molar-refractivity contribution is 0.103. The van der Waals surface area contributed by atoms with Crippen LogP contribution in [-0.2, 0) is 0 Å². The summed E-state index contributed by atoms with van der Waals surface area (Å²) in [7, 11) is 0. The minimum Gasteiger partial charge on any atom is -0.491 e. The van der Waals surface area contributed by atoms with Crippen LogP contribution in [0.1, 0.15) is 22.8 Å². The molecule has 0 fully saturated rings. The number of anilines is 1. The molecule has 0 radical (unpaired) electrons. The number of ketones is 1. The normalized spacial score (nSPS) is 10.5. The van der Waals surface area contributed by atoms with Crippen molar-refractivity contribution in [1.29, 1.82) is 0 Å². The zero-order valence-corrected chi connectivity index (χ0v) is 12.7. The van der Waals surface area contributed by atoms with Crippen LogP contribution in [0.4, 0.5) is 14.5 Å². The Kier molecular flexibility index (Phi) is 4.57. The highest BCUT2D eigenvalue weighted by molar-refractivity contribution is 9.10. The number of carbonyl (C=O) groups is 1. The SMILES string of the molecule is CCOc1c(N)cccc1C(=O)c1cc(F)c(Br)cc1F. The van der Waals surface area contributed by atoms with Crippen LogP contribution in [0, 0.1) is 11.6 Å². The number of halogens is 3. The van der Waals surface area contributed by atoms with E-state index in [4.69, 9.17) is 10.5 Å². The standard InChI is InChI=1S/C15H12BrF2NO2/c1-2-21-15-8(4-3-5-13(15)19)14(20)9-6-12(18)10(16)7-11(9)17/h3-7H,2,19H2,1H3. The van der Waals surface area contributed by atoms with Crippen molar-refractivity contribution >= 4 is 27.4 Å². The Balaban J connectivity index is 2.55. The van der Waals surface area contributed by atoms with Crippen LogP contribution in [0.3, 0.4) is 0 Å². The topological polar surface area (TPSA) is 52.3 Å². The van der Waals surface area contributed by atoms with E-state index in [0.717, 1.165) is 12.1 Å². The second-order valence-electron chi connectivity index (χ2n) is 4.23. The summed E-state index contributed by atoms with van der Waals surface area (Å²) in [4.78, 5) is 12.4. The molecule has 2 rings (SSSR count). The van der Waals surface area contributed by atoms with Crippen LogP contribution in [0.25, 0.3) is 0 Å². The predicted octanol–water partition coefficient (Wildman–Crippen LogP) is 3.94. The van der Waals surface area contributed by atoms with Crippen molar-refractivity contribution < 1.29 is 18.3 Å². The van der Waals surface area contributed by atoms with Crippen LogP contribution < -0.4 is 10.5 Å². The molecule has 2 aromatic carbocycles. The number of nitrogen functional groups attached to an aromatic ring is 1. The van der Waals surface area contributed by atoms with Crippen molar-refractivity contribution in [3.8, 4) is 5.75 Å². The highest BCUT2D eigenvalue weighted by atomic mass is 79.9. The van der Waals surface area contributed by atoms with Gasteiger partial charge in [0.1, 0.15) is 11.6 Å². The van der Waals surface area contributed by atoms with Gasteiger partial charge in [-0.2, -0.15) is 0 Å². The van der Waals surface area contributed by atoms with E-state index in [-0.39, 0.29) is 27.0 Å². The molecule has 0 aliphatic rings. The first-order valence-corrected chi connectivity index (χ1v) is 6.95. The molecule has 0 saturated heterocycles. The summed E-state index contributed by atoms with van der Waals surface area (Å²) >= 11 is 2.87. The molecule has 0 heterocycles. The average molecular weight is 356 g/mol. The summed E-state index contributed by atoms with van der Waals surface area (Å²) in [6.07, 6.45) is 0. The van der Waals surface area contributed by atoms with Gasteiger partial charge in [-0.15, -0.1) is 0 Å². The van der Waals surface area contributed by atoms with E-state index in [2.05, 4.69) is 15.9 Å². The fourth-order valence-electron chi connectivity index (χ4n) is 1.88. The molecule has 0 amide bonds. The van der Waals surface area contributed by atoms with Crippen molar-refractivity contribution in [3.63, 3.8) is 0 Å². The quantitative estimate of drug-likeness (QED) is 0.513. The van der Waals surface area contributed by atoms with E-state index in [1.165, 1.54) is 6.07 Å². The maximum Gasteiger partial charge on any atom is 0.199 e. The van der Waals surface area contributed by atoms with Crippen LogP contribution >= 0.6 is 15.9 Å². The summed E-state index contributed by atoms with van der Waals surface area (Å²) in [6.45, 7) is 2.03. The third-order valence-electron chi connectivity index (χ3n) is 2.83. The van der Waals surface area contributed by atoms with Crippen molar-refractivity contribution in [3.05, 3.63) is 57.6 Å². The minimum absolute atomic E-state index is 0.0471. The summed E-state index contributed by atoms with van der Waals surface area (Å²) in [5.74, 6) is -2.05. The predicted molar refractivity (Wildman–Crippen MR) is 79.5 cm³/mol. The molecule has 2 aromatic rings.